The zero-order chi connectivity index (χ0) is 13.1. The Morgan fingerprint density at radius 1 is 1.35 bits per heavy atom. The third-order valence-electron chi connectivity index (χ3n) is 2.94. The Labute approximate surface area is 99.4 Å². The monoisotopic (exact) mass is 252 g/mol. The van der Waals surface area contributed by atoms with Crippen molar-refractivity contribution in [3.05, 3.63) is 0 Å². The van der Waals surface area contributed by atoms with E-state index in [-0.39, 0.29) is 11.8 Å². The summed E-state index contributed by atoms with van der Waals surface area (Å²) in [6.07, 6.45) is -3.08. The van der Waals surface area contributed by atoms with E-state index in [1.165, 1.54) is 0 Å². The summed E-state index contributed by atoms with van der Waals surface area (Å²) in [6.45, 7) is 3.49. The molecule has 0 aromatic carbocycles. The van der Waals surface area contributed by atoms with Crippen LogP contribution in [0.1, 0.15) is 26.7 Å². The number of carbonyl (C=O) groups is 1. The third-order valence-corrected chi connectivity index (χ3v) is 2.94. The van der Waals surface area contributed by atoms with Gasteiger partial charge in [0, 0.05) is 12.0 Å². The lowest BCUT2D eigenvalue weighted by atomic mass is 9.96. The second kappa shape index (κ2) is 5.71. The van der Waals surface area contributed by atoms with Crippen LogP contribution in [0.4, 0.5) is 13.2 Å². The number of alkyl halides is 3. The Balaban J connectivity index is 2.66. The summed E-state index contributed by atoms with van der Waals surface area (Å²) >= 11 is 0. The van der Waals surface area contributed by atoms with Crippen molar-refractivity contribution in [2.24, 2.45) is 5.92 Å². The number of rotatable bonds is 3. The first-order chi connectivity index (χ1) is 7.81. The predicted molar refractivity (Wildman–Crippen MR) is 58.5 cm³/mol. The molecule has 0 atom stereocenters. The quantitative estimate of drug-likeness (QED) is 0.830. The van der Waals surface area contributed by atoms with Gasteiger partial charge in [0.1, 0.15) is 6.54 Å². The fourth-order valence-electron chi connectivity index (χ4n) is 2.01. The molecule has 1 saturated heterocycles. The van der Waals surface area contributed by atoms with Gasteiger partial charge >= 0.3 is 6.18 Å². The molecular formula is C11H19F3N2O. The second-order valence-electron chi connectivity index (χ2n) is 4.70. The van der Waals surface area contributed by atoms with Crippen molar-refractivity contribution in [1.29, 1.82) is 0 Å². The standard InChI is InChI=1S/C11H19F3N2O/c1-8(2)16(7-11(12,13)14)10(17)9-3-5-15-6-4-9/h8-9,15H,3-7H2,1-2H3. The van der Waals surface area contributed by atoms with Gasteiger partial charge in [0.25, 0.3) is 0 Å². The minimum absolute atomic E-state index is 0.263. The van der Waals surface area contributed by atoms with Crippen molar-refractivity contribution in [2.75, 3.05) is 19.6 Å². The lowest BCUT2D eigenvalue weighted by molar-refractivity contribution is -0.167. The summed E-state index contributed by atoms with van der Waals surface area (Å²) in [6, 6.07) is -0.418. The number of piperidine rings is 1. The normalized spacial score (nSPS) is 18.5. The van der Waals surface area contributed by atoms with Crippen LogP contribution in [-0.2, 0) is 4.79 Å². The molecule has 0 spiro atoms. The predicted octanol–water partition coefficient (Wildman–Crippen LogP) is 1.79. The van der Waals surface area contributed by atoms with Crippen LogP contribution >= 0.6 is 0 Å². The maximum Gasteiger partial charge on any atom is 0.406 e. The van der Waals surface area contributed by atoms with Crippen LogP contribution in [-0.4, -0.2) is 42.7 Å². The van der Waals surface area contributed by atoms with Gasteiger partial charge in [-0.05, 0) is 39.8 Å². The zero-order valence-corrected chi connectivity index (χ0v) is 10.2. The van der Waals surface area contributed by atoms with Crippen LogP contribution in [0.3, 0.4) is 0 Å². The van der Waals surface area contributed by atoms with E-state index < -0.39 is 18.8 Å². The Kier molecular flexibility index (Phi) is 4.80. The molecule has 0 bridgehead atoms. The first kappa shape index (κ1) is 14.3. The Morgan fingerprint density at radius 3 is 2.29 bits per heavy atom. The molecule has 0 unspecified atom stereocenters. The first-order valence-corrected chi connectivity index (χ1v) is 5.89. The molecule has 3 nitrogen and oxygen atoms in total. The molecule has 17 heavy (non-hydrogen) atoms. The van der Waals surface area contributed by atoms with Crippen LogP contribution < -0.4 is 5.32 Å². The maximum atomic E-state index is 12.4. The number of hydrogen-bond donors (Lipinski definition) is 1. The molecule has 6 heteroatoms. The molecule has 100 valence electrons. The molecule has 1 amide bonds. The summed E-state index contributed by atoms with van der Waals surface area (Å²) in [4.78, 5) is 13.0. The molecule has 1 fully saturated rings. The van der Waals surface area contributed by atoms with Gasteiger partial charge in [-0.15, -0.1) is 0 Å². The maximum absolute atomic E-state index is 12.4. The largest absolute Gasteiger partial charge is 0.406 e. The van der Waals surface area contributed by atoms with E-state index >= 15 is 0 Å². The summed E-state index contributed by atoms with van der Waals surface area (Å²) in [5.41, 5.74) is 0. The summed E-state index contributed by atoms with van der Waals surface area (Å²) in [7, 11) is 0. The van der Waals surface area contributed by atoms with Gasteiger partial charge in [-0.1, -0.05) is 0 Å². The fourth-order valence-corrected chi connectivity index (χ4v) is 2.01. The molecule has 1 N–H and O–H groups in total. The summed E-state index contributed by atoms with van der Waals surface area (Å²) in [5.74, 6) is -0.625. The highest BCUT2D eigenvalue weighted by atomic mass is 19.4. The minimum atomic E-state index is -4.33. The van der Waals surface area contributed by atoms with Gasteiger partial charge in [0.15, 0.2) is 0 Å². The van der Waals surface area contributed by atoms with E-state index in [2.05, 4.69) is 5.32 Å². The second-order valence-corrected chi connectivity index (χ2v) is 4.70. The Morgan fingerprint density at radius 2 is 1.88 bits per heavy atom. The topological polar surface area (TPSA) is 32.3 Å². The van der Waals surface area contributed by atoms with Gasteiger partial charge in [-0.25, -0.2) is 0 Å². The van der Waals surface area contributed by atoms with E-state index in [0.29, 0.717) is 25.9 Å². The first-order valence-electron chi connectivity index (χ1n) is 5.89. The van der Waals surface area contributed by atoms with Crippen molar-refractivity contribution in [3.8, 4) is 0 Å². The lowest BCUT2D eigenvalue weighted by Crippen LogP contribution is -2.48. The van der Waals surface area contributed by atoms with E-state index in [1.807, 2.05) is 0 Å². The van der Waals surface area contributed by atoms with Crippen LogP contribution in [0.15, 0.2) is 0 Å². The molecular weight excluding hydrogens is 233 g/mol. The molecule has 0 aromatic heterocycles. The number of hydrogen-bond acceptors (Lipinski definition) is 2. The highest BCUT2D eigenvalue weighted by Gasteiger charge is 2.36. The van der Waals surface area contributed by atoms with E-state index in [9.17, 15) is 18.0 Å². The molecule has 0 saturated carbocycles. The van der Waals surface area contributed by atoms with E-state index in [0.717, 1.165) is 4.90 Å². The van der Waals surface area contributed by atoms with Crippen molar-refractivity contribution in [1.82, 2.24) is 10.2 Å². The number of nitrogens with one attached hydrogen (secondary N) is 1. The van der Waals surface area contributed by atoms with Crippen LogP contribution in [0, 0.1) is 5.92 Å². The average Bonchev–Trinajstić information content (AvgIpc) is 2.25. The third kappa shape index (κ3) is 4.53. The van der Waals surface area contributed by atoms with Crippen LogP contribution in [0.5, 0.6) is 0 Å². The number of halogens is 3. The molecule has 1 rings (SSSR count). The molecule has 1 aliphatic heterocycles. The lowest BCUT2D eigenvalue weighted by Gasteiger charge is -2.32. The number of nitrogens with zero attached hydrogens (tertiary/aromatic N) is 1. The Hall–Kier alpha value is -0.780. The molecule has 0 radical (unpaired) electrons. The van der Waals surface area contributed by atoms with Crippen molar-refractivity contribution in [3.63, 3.8) is 0 Å². The van der Waals surface area contributed by atoms with Gasteiger partial charge in [0.05, 0.1) is 0 Å². The van der Waals surface area contributed by atoms with Gasteiger partial charge in [0.2, 0.25) is 5.91 Å². The molecule has 1 heterocycles. The summed E-state index contributed by atoms with van der Waals surface area (Å²) in [5, 5.41) is 3.09. The zero-order valence-electron chi connectivity index (χ0n) is 10.2. The van der Waals surface area contributed by atoms with Crippen LogP contribution in [0.25, 0.3) is 0 Å². The molecule has 1 aliphatic rings. The smallest absolute Gasteiger partial charge is 0.331 e. The van der Waals surface area contributed by atoms with Crippen molar-refractivity contribution >= 4 is 5.91 Å². The number of carbonyl (C=O) groups excluding carboxylic acids is 1. The average molecular weight is 252 g/mol. The van der Waals surface area contributed by atoms with E-state index in [4.69, 9.17) is 0 Å². The molecule has 0 aromatic rings. The highest BCUT2D eigenvalue weighted by molar-refractivity contribution is 5.79. The van der Waals surface area contributed by atoms with Gasteiger partial charge in [-0.2, -0.15) is 13.2 Å². The highest BCUT2D eigenvalue weighted by Crippen LogP contribution is 2.22. The van der Waals surface area contributed by atoms with Crippen molar-refractivity contribution in [2.45, 2.75) is 38.9 Å². The SMILES string of the molecule is CC(C)N(CC(F)(F)F)C(=O)C1CCNCC1. The van der Waals surface area contributed by atoms with Crippen molar-refractivity contribution < 1.29 is 18.0 Å². The number of amides is 1. The Bertz CT molecular complexity index is 260. The van der Waals surface area contributed by atoms with Gasteiger partial charge in [-0.3, -0.25) is 4.79 Å². The van der Waals surface area contributed by atoms with E-state index in [1.54, 1.807) is 13.8 Å². The van der Waals surface area contributed by atoms with Crippen LogP contribution in [0.2, 0.25) is 0 Å². The minimum Gasteiger partial charge on any atom is -0.331 e. The summed E-state index contributed by atoms with van der Waals surface area (Å²) < 4.78 is 37.2. The fraction of sp³-hybridized carbons (Fsp3) is 0.909. The van der Waals surface area contributed by atoms with Gasteiger partial charge < -0.3 is 10.2 Å². The molecule has 0 aliphatic carbocycles.